The molecule has 0 saturated heterocycles. The van der Waals surface area contributed by atoms with Crippen LogP contribution in [0, 0.1) is 0 Å². The maximum Gasteiger partial charge on any atom is 0.154 e. The molecule has 0 aliphatic carbocycles. The maximum absolute atomic E-state index is 6.28. The highest BCUT2D eigenvalue weighted by Crippen LogP contribution is 2.39. The Bertz CT molecular complexity index is 576. The van der Waals surface area contributed by atoms with Crippen LogP contribution in [0.2, 0.25) is 10.0 Å². The topological polar surface area (TPSA) is 25.2 Å². The van der Waals surface area contributed by atoms with Crippen molar-refractivity contribution in [1.29, 1.82) is 0 Å². The van der Waals surface area contributed by atoms with E-state index in [0.29, 0.717) is 15.6 Å². The minimum absolute atomic E-state index is 0.202. The average molecular weight is 365 g/mol. The number of hydrogen-bond donors (Lipinski definition) is 1. The van der Waals surface area contributed by atoms with Gasteiger partial charge in [0.2, 0.25) is 0 Å². The van der Waals surface area contributed by atoms with Crippen LogP contribution in [0.1, 0.15) is 38.5 Å². The third-order valence-corrected chi connectivity index (χ3v) is 4.58. The van der Waals surface area contributed by atoms with Crippen LogP contribution in [-0.2, 0) is 0 Å². The molecule has 0 aliphatic heterocycles. The van der Waals surface area contributed by atoms with Gasteiger partial charge in [0.15, 0.2) is 5.58 Å². The second kappa shape index (κ2) is 6.49. The lowest BCUT2D eigenvalue weighted by atomic mass is 10.1. The van der Waals surface area contributed by atoms with E-state index in [2.05, 4.69) is 35.1 Å². The van der Waals surface area contributed by atoms with E-state index in [1.807, 2.05) is 6.07 Å². The molecule has 0 amide bonds. The molecule has 1 unspecified atom stereocenters. The summed E-state index contributed by atoms with van der Waals surface area (Å²) in [7, 11) is 0. The number of fused-ring (bicyclic) bond motifs is 1. The van der Waals surface area contributed by atoms with E-state index in [0.717, 1.165) is 35.0 Å². The summed E-state index contributed by atoms with van der Waals surface area (Å²) in [6, 6.07) is 3.95. The molecule has 0 spiro atoms. The quantitative estimate of drug-likeness (QED) is 0.662. The van der Waals surface area contributed by atoms with Crippen LogP contribution in [-0.4, -0.2) is 6.54 Å². The van der Waals surface area contributed by atoms with Crippen LogP contribution in [0.4, 0.5) is 0 Å². The number of benzene rings is 1. The first kappa shape index (κ1) is 15.2. The van der Waals surface area contributed by atoms with Crippen LogP contribution in [0.25, 0.3) is 11.0 Å². The van der Waals surface area contributed by atoms with Crippen LogP contribution in [0.5, 0.6) is 0 Å². The number of halogens is 3. The zero-order valence-electron chi connectivity index (χ0n) is 10.9. The standard InChI is InChI=1S/C14H16BrCl2NO/c1-3-5-11(18-4-2)12-6-8-13(17)9(15)7-10(16)14(8)19-12/h6-7,11,18H,3-5H2,1-2H3. The first-order valence-electron chi connectivity index (χ1n) is 6.38. The molecule has 104 valence electrons. The molecule has 1 heterocycles. The molecule has 0 saturated carbocycles. The molecule has 0 radical (unpaired) electrons. The largest absolute Gasteiger partial charge is 0.458 e. The number of hydrogen-bond acceptors (Lipinski definition) is 2. The summed E-state index contributed by atoms with van der Waals surface area (Å²) < 4.78 is 6.69. The Morgan fingerprint density at radius 3 is 2.68 bits per heavy atom. The van der Waals surface area contributed by atoms with Crippen molar-refractivity contribution < 1.29 is 4.42 Å². The van der Waals surface area contributed by atoms with E-state index in [9.17, 15) is 0 Å². The molecular formula is C14H16BrCl2NO. The fourth-order valence-corrected chi connectivity index (χ4v) is 3.19. The monoisotopic (exact) mass is 363 g/mol. The second-order valence-electron chi connectivity index (χ2n) is 4.44. The first-order chi connectivity index (χ1) is 9.08. The molecule has 0 fully saturated rings. The fraction of sp³-hybridized carbons (Fsp3) is 0.429. The van der Waals surface area contributed by atoms with Gasteiger partial charge in [0.25, 0.3) is 0 Å². The summed E-state index contributed by atoms with van der Waals surface area (Å²) in [6.45, 7) is 5.14. The zero-order valence-corrected chi connectivity index (χ0v) is 14.0. The molecule has 1 aromatic heterocycles. The molecule has 5 heteroatoms. The van der Waals surface area contributed by atoms with E-state index in [1.165, 1.54) is 0 Å². The van der Waals surface area contributed by atoms with E-state index in [-0.39, 0.29) is 6.04 Å². The van der Waals surface area contributed by atoms with Crippen molar-refractivity contribution in [3.63, 3.8) is 0 Å². The van der Waals surface area contributed by atoms with Gasteiger partial charge in [-0.2, -0.15) is 0 Å². The summed E-state index contributed by atoms with van der Waals surface area (Å²) >= 11 is 15.9. The van der Waals surface area contributed by atoms with Gasteiger partial charge in [-0.15, -0.1) is 0 Å². The van der Waals surface area contributed by atoms with Gasteiger partial charge in [-0.1, -0.05) is 43.5 Å². The lowest BCUT2D eigenvalue weighted by Gasteiger charge is -2.13. The number of furan rings is 1. The molecular weight excluding hydrogens is 349 g/mol. The Kier molecular flexibility index (Phi) is 5.18. The van der Waals surface area contributed by atoms with Crippen LogP contribution >= 0.6 is 39.1 Å². The van der Waals surface area contributed by atoms with E-state index >= 15 is 0 Å². The van der Waals surface area contributed by atoms with Crippen LogP contribution in [0.15, 0.2) is 21.0 Å². The normalized spacial score (nSPS) is 13.1. The fourth-order valence-electron chi connectivity index (χ4n) is 2.17. The molecule has 0 bridgehead atoms. The molecule has 2 rings (SSSR count). The van der Waals surface area contributed by atoms with Crippen molar-refractivity contribution in [2.24, 2.45) is 0 Å². The van der Waals surface area contributed by atoms with Gasteiger partial charge in [-0.3, -0.25) is 0 Å². The Morgan fingerprint density at radius 2 is 2.05 bits per heavy atom. The molecule has 2 nitrogen and oxygen atoms in total. The molecule has 1 N–H and O–H groups in total. The van der Waals surface area contributed by atoms with Crippen molar-refractivity contribution in [2.75, 3.05) is 6.54 Å². The van der Waals surface area contributed by atoms with Crippen molar-refractivity contribution in [2.45, 2.75) is 32.7 Å². The second-order valence-corrected chi connectivity index (χ2v) is 6.08. The molecule has 19 heavy (non-hydrogen) atoms. The average Bonchev–Trinajstić information content (AvgIpc) is 2.81. The van der Waals surface area contributed by atoms with Gasteiger partial charge in [-0.05, 0) is 41.0 Å². The van der Waals surface area contributed by atoms with Crippen LogP contribution in [0.3, 0.4) is 0 Å². The van der Waals surface area contributed by atoms with Gasteiger partial charge < -0.3 is 9.73 Å². The van der Waals surface area contributed by atoms with E-state index in [1.54, 1.807) is 6.07 Å². The number of nitrogens with one attached hydrogen (secondary N) is 1. The zero-order chi connectivity index (χ0) is 14.0. The van der Waals surface area contributed by atoms with Gasteiger partial charge in [0.05, 0.1) is 16.1 Å². The highest BCUT2D eigenvalue weighted by molar-refractivity contribution is 9.10. The Labute approximate surface area is 131 Å². The number of rotatable bonds is 5. The van der Waals surface area contributed by atoms with Gasteiger partial charge in [0.1, 0.15) is 5.76 Å². The molecule has 1 aromatic carbocycles. The molecule has 0 aliphatic rings. The summed E-state index contributed by atoms with van der Waals surface area (Å²) in [4.78, 5) is 0. The van der Waals surface area contributed by atoms with Crippen molar-refractivity contribution in [1.82, 2.24) is 5.32 Å². The van der Waals surface area contributed by atoms with Crippen LogP contribution < -0.4 is 5.32 Å². The first-order valence-corrected chi connectivity index (χ1v) is 7.93. The Hall–Kier alpha value is -0.220. The maximum atomic E-state index is 6.28. The van der Waals surface area contributed by atoms with E-state index < -0.39 is 0 Å². The minimum atomic E-state index is 0.202. The van der Waals surface area contributed by atoms with Gasteiger partial charge in [0, 0.05) is 9.86 Å². The van der Waals surface area contributed by atoms with Crippen molar-refractivity contribution in [3.8, 4) is 0 Å². The summed E-state index contributed by atoms with van der Waals surface area (Å²) in [5.74, 6) is 0.889. The summed E-state index contributed by atoms with van der Waals surface area (Å²) in [5, 5.41) is 5.49. The van der Waals surface area contributed by atoms with E-state index in [4.69, 9.17) is 27.6 Å². The summed E-state index contributed by atoms with van der Waals surface area (Å²) in [6.07, 6.45) is 2.10. The van der Waals surface area contributed by atoms with Gasteiger partial charge >= 0.3 is 0 Å². The lowest BCUT2D eigenvalue weighted by Crippen LogP contribution is -2.20. The minimum Gasteiger partial charge on any atom is -0.458 e. The Balaban J connectivity index is 2.50. The van der Waals surface area contributed by atoms with Crippen molar-refractivity contribution >= 4 is 50.1 Å². The predicted octanol–water partition coefficient (Wildman–Crippen LogP) is 5.95. The smallest absolute Gasteiger partial charge is 0.154 e. The highest BCUT2D eigenvalue weighted by Gasteiger charge is 2.18. The highest BCUT2D eigenvalue weighted by atomic mass is 79.9. The lowest BCUT2D eigenvalue weighted by molar-refractivity contribution is 0.414. The molecule has 1 atom stereocenters. The predicted molar refractivity (Wildman–Crippen MR) is 85.3 cm³/mol. The SMILES string of the molecule is CCCC(NCC)c1cc2c(Cl)c(Br)cc(Cl)c2o1. The third kappa shape index (κ3) is 3.10. The Morgan fingerprint density at radius 1 is 1.32 bits per heavy atom. The third-order valence-electron chi connectivity index (χ3n) is 3.04. The van der Waals surface area contributed by atoms with Gasteiger partial charge in [-0.25, -0.2) is 0 Å². The summed E-state index contributed by atoms with van der Waals surface area (Å²) in [5.41, 5.74) is 0.656. The van der Waals surface area contributed by atoms with Crippen molar-refractivity contribution in [3.05, 3.63) is 32.4 Å². The molecule has 2 aromatic rings.